The van der Waals surface area contributed by atoms with E-state index in [2.05, 4.69) is 16.0 Å². The first-order valence-electron chi connectivity index (χ1n) is 6.28. The van der Waals surface area contributed by atoms with E-state index in [-0.39, 0.29) is 6.03 Å². The molecular weight excluding hydrogens is 250 g/mol. The topological polar surface area (TPSA) is 53.2 Å². The molecule has 0 aromatic heterocycles. The number of hydrogen-bond donors (Lipinski definition) is 3. The minimum Gasteiger partial charge on any atom is -0.338 e. The number of amides is 2. The second-order valence-corrected chi connectivity index (χ2v) is 4.91. The molecule has 5 heteroatoms. The van der Waals surface area contributed by atoms with E-state index < -0.39 is 0 Å². The van der Waals surface area contributed by atoms with Gasteiger partial charge in [-0.05, 0) is 44.0 Å². The van der Waals surface area contributed by atoms with E-state index in [9.17, 15) is 4.79 Å². The number of nitrogens with one attached hydrogen (secondary N) is 3. The van der Waals surface area contributed by atoms with Crippen LogP contribution in [0.1, 0.15) is 19.3 Å². The quantitative estimate of drug-likeness (QED) is 0.785. The molecule has 1 atom stereocenters. The van der Waals surface area contributed by atoms with Crippen molar-refractivity contribution >= 4 is 23.3 Å². The maximum absolute atomic E-state index is 11.6. The predicted molar refractivity (Wildman–Crippen MR) is 74.1 cm³/mol. The fraction of sp³-hybridized carbons (Fsp3) is 0.462. The Morgan fingerprint density at radius 3 is 3.11 bits per heavy atom. The third-order valence-corrected chi connectivity index (χ3v) is 3.26. The molecule has 1 heterocycles. The molecule has 4 nitrogen and oxygen atoms in total. The zero-order valence-corrected chi connectivity index (χ0v) is 11.0. The number of hydrogen-bond acceptors (Lipinski definition) is 2. The van der Waals surface area contributed by atoms with E-state index >= 15 is 0 Å². The SMILES string of the molecule is O=C(NCC[C@@H]1CCCN1)Nc1cccc(Cl)c1. The van der Waals surface area contributed by atoms with Gasteiger partial charge in [0.15, 0.2) is 0 Å². The van der Waals surface area contributed by atoms with E-state index in [1.165, 1.54) is 12.8 Å². The van der Waals surface area contributed by atoms with Gasteiger partial charge in [0.1, 0.15) is 0 Å². The van der Waals surface area contributed by atoms with Gasteiger partial charge in [-0.15, -0.1) is 0 Å². The lowest BCUT2D eigenvalue weighted by Gasteiger charge is -2.11. The first-order chi connectivity index (χ1) is 8.74. The molecule has 0 radical (unpaired) electrons. The van der Waals surface area contributed by atoms with Gasteiger partial charge in [0.25, 0.3) is 0 Å². The lowest BCUT2D eigenvalue weighted by molar-refractivity contribution is 0.251. The number of rotatable bonds is 4. The van der Waals surface area contributed by atoms with Crippen molar-refractivity contribution in [1.29, 1.82) is 0 Å². The van der Waals surface area contributed by atoms with Crippen molar-refractivity contribution in [3.05, 3.63) is 29.3 Å². The minimum atomic E-state index is -0.185. The van der Waals surface area contributed by atoms with Crippen LogP contribution in [0.2, 0.25) is 5.02 Å². The van der Waals surface area contributed by atoms with Crippen LogP contribution >= 0.6 is 11.6 Å². The number of benzene rings is 1. The second-order valence-electron chi connectivity index (χ2n) is 4.47. The second kappa shape index (κ2) is 6.61. The summed E-state index contributed by atoms with van der Waals surface area (Å²) in [5.74, 6) is 0. The molecule has 2 amide bonds. The summed E-state index contributed by atoms with van der Waals surface area (Å²) in [6.07, 6.45) is 3.42. The highest BCUT2D eigenvalue weighted by Crippen LogP contribution is 2.14. The van der Waals surface area contributed by atoms with Crippen molar-refractivity contribution < 1.29 is 4.79 Å². The van der Waals surface area contributed by atoms with Gasteiger partial charge in [-0.1, -0.05) is 17.7 Å². The van der Waals surface area contributed by atoms with Gasteiger partial charge < -0.3 is 16.0 Å². The molecule has 0 aliphatic carbocycles. The summed E-state index contributed by atoms with van der Waals surface area (Å²) in [4.78, 5) is 11.6. The van der Waals surface area contributed by atoms with Crippen molar-refractivity contribution in [2.75, 3.05) is 18.4 Å². The van der Waals surface area contributed by atoms with Crippen LogP contribution in [0, 0.1) is 0 Å². The summed E-state index contributed by atoms with van der Waals surface area (Å²) in [6.45, 7) is 1.78. The summed E-state index contributed by atoms with van der Waals surface area (Å²) < 4.78 is 0. The molecule has 1 aliphatic heterocycles. The molecule has 1 fully saturated rings. The van der Waals surface area contributed by atoms with Crippen LogP contribution in [0.15, 0.2) is 24.3 Å². The average Bonchev–Trinajstić information content (AvgIpc) is 2.82. The van der Waals surface area contributed by atoms with Crippen molar-refractivity contribution in [1.82, 2.24) is 10.6 Å². The highest BCUT2D eigenvalue weighted by atomic mass is 35.5. The van der Waals surface area contributed by atoms with Gasteiger partial charge in [-0.3, -0.25) is 0 Å². The van der Waals surface area contributed by atoms with Crippen LogP contribution < -0.4 is 16.0 Å². The fourth-order valence-corrected chi connectivity index (χ4v) is 2.29. The Morgan fingerprint density at radius 1 is 1.50 bits per heavy atom. The number of carbonyl (C=O) groups is 1. The highest BCUT2D eigenvalue weighted by molar-refractivity contribution is 6.30. The Morgan fingerprint density at radius 2 is 2.39 bits per heavy atom. The molecule has 1 saturated heterocycles. The van der Waals surface area contributed by atoms with Gasteiger partial charge in [0, 0.05) is 23.3 Å². The maximum atomic E-state index is 11.6. The van der Waals surface area contributed by atoms with Gasteiger partial charge in [-0.2, -0.15) is 0 Å². The molecule has 1 aromatic rings. The molecule has 2 rings (SSSR count). The van der Waals surface area contributed by atoms with Crippen LogP contribution in [0.3, 0.4) is 0 Å². The Hall–Kier alpha value is -1.26. The van der Waals surface area contributed by atoms with Gasteiger partial charge in [-0.25, -0.2) is 4.79 Å². The fourth-order valence-electron chi connectivity index (χ4n) is 2.10. The van der Waals surface area contributed by atoms with Gasteiger partial charge in [0.2, 0.25) is 0 Å². The summed E-state index contributed by atoms with van der Waals surface area (Å²) >= 11 is 5.84. The maximum Gasteiger partial charge on any atom is 0.319 e. The van der Waals surface area contributed by atoms with E-state index in [4.69, 9.17) is 11.6 Å². The van der Waals surface area contributed by atoms with Crippen molar-refractivity contribution in [2.45, 2.75) is 25.3 Å². The van der Waals surface area contributed by atoms with E-state index in [0.29, 0.717) is 23.3 Å². The largest absolute Gasteiger partial charge is 0.338 e. The standard InChI is InChI=1S/C13H18ClN3O/c14-10-3-1-4-12(9-10)17-13(18)16-8-6-11-5-2-7-15-11/h1,3-4,9,11,15H,2,5-8H2,(H2,16,17,18)/t11-/m0/s1. The van der Waals surface area contributed by atoms with Crippen molar-refractivity contribution in [2.24, 2.45) is 0 Å². The lowest BCUT2D eigenvalue weighted by atomic mass is 10.1. The first-order valence-corrected chi connectivity index (χ1v) is 6.65. The third kappa shape index (κ3) is 4.20. The molecule has 0 unspecified atom stereocenters. The molecule has 0 bridgehead atoms. The van der Waals surface area contributed by atoms with Crippen LogP contribution in [0.4, 0.5) is 10.5 Å². The Kier molecular flexibility index (Phi) is 4.84. The normalized spacial score (nSPS) is 18.6. The zero-order valence-electron chi connectivity index (χ0n) is 10.2. The molecule has 0 spiro atoms. The summed E-state index contributed by atoms with van der Waals surface area (Å²) in [7, 11) is 0. The van der Waals surface area contributed by atoms with E-state index in [0.717, 1.165) is 13.0 Å². The summed E-state index contributed by atoms with van der Waals surface area (Å²) in [5, 5.41) is 9.61. The molecule has 3 N–H and O–H groups in total. The third-order valence-electron chi connectivity index (χ3n) is 3.02. The van der Waals surface area contributed by atoms with E-state index in [1.54, 1.807) is 18.2 Å². The lowest BCUT2D eigenvalue weighted by Crippen LogP contribution is -2.33. The molecule has 98 valence electrons. The summed E-state index contributed by atoms with van der Waals surface area (Å²) in [5.41, 5.74) is 0.707. The molecule has 0 saturated carbocycles. The van der Waals surface area contributed by atoms with Crippen LogP contribution in [-0.2, 0) is 0 Å². The van der Waals surface area contributed by atoms with E-state index in [1.807, 2.05) is 6.07 Å². The monoisotopic (exact) mass is 267 g/mol. The molecule has 1 aliphatic rings. The molecular formula is C13H18ClN3O. The number of urea groups is 1. The van der Waals surface area contributed by atoms with Crippen molar-refractivity contribution in [3.8, 4) is 0 Å². The highest BCUT2D eigenvalue weighted by Gasteiger charge is 2.13. The van der Waals surface area contributed by atoms with Crippen LogP contribution in [-0.4, -0.2) is 25.2 Å². The summed E-state index contributed by atoms with van der Waals surface area (Å²) in [6, 6.07) is 7.48. The smallest absolute Gasteiger partial charge is 0.319 e. The molecule has 1 aromatic carbocycles. The average molecular weight is 268 g/mol. The number of halogens is 1. The Bertz CT molecular complexity index is 405. The van der Waals surface area contributed by atoms with Crippen LogP contribution in [0.5, 0.6) is 0 Å². The minimum absolute atomic E-state index is 0.185. The Balaban J connectivity index is 1.68. The number of carbonyl (C=O) groups excluding carboxylic acids is 1. The van der Waals surface area contributed by atoms with Crippen LogP contribution in [0.25, 0.3) is 0 Å². The number of anilines is 1. The Labute approximate surface area is 112 Å². The van der Waals surface area contributed by atoms with Gasteiger partial charge in [0.05, 0.1) is 0 Å². The van der Waals surface area contributed by atoms with Gasteiger partial charge >= 0.3 is 6.03 Å². The predicted octanol–water partition coefficient (Wildman–Crippen LogP) is 2.60. The first kappa shape index (κ1) is 13.2. The molecule has 18 heavy (non-hydrogen) atoms. The van der Waals surface area contributed by atoms with Crippen molar-refractivity contribution in [3.63, 3.8) is 0 Å². The zero-order chi connectivity index (χ0) is 12.8.